The van der Waals surface area contributed by atoms with E-state index in [0.717, 1.165) is 42.4 Å². The van der Waals surface area contributed by atoms with E-state index >= 15 is 0 Å². The Kier molecular flexibility index (Phi) is 8.18. The second-order valence-electron chi connectivity index (χ2n) is 6.14. The van der Waals surface area contributed by atoms with E-state index in [1.807, 2.05) is 6.07 Å². The molecule has 2 rings (SSSR count). The zero-order chi connectivity index (χ0) is 21.5. The Bertz CT molecular complexity index is 864. The summed E-state index contributed by atoms with van der Waals surface area (Å²) in [5.74, 6) is -3.33. The highest BCUT2D eigenvalue weighted by Crippen LogP contribution is 2.30. The van der Waals surface area contributed by atoms with Gasteiger partial charge in [0.2, 0.25) is 15.9 Å². The second-order valence-corrected chi connectivity index (χ2v) is 7.87. The molecule has 0 radical (unpaired) electrons. The molecular weight excluding hydrogens is 401 g/mol. The molecule has 0 saturated carbocycles. The summed E-state index contributed by atoms with van der Waals surface area (Å²) >= 11 is 0. The van der Waals surface area contributed by atoms with Crippen LogP contribution in [0.2, 0.25) is 0 Å². The Morgan fingerprint density at radius 1 is 1.18 bits per heavy atom. The molecular formula is C17H21F3N2O5S. The molecule has 156 valence electrons. The Morgan fingerprint density at radius 2 is 1.79 bits per heavy atom. The number of hydrogen-bond acceptors (Lipinski definition) is 4. The van der Waals surface area contributed by atoms with Crippen molar-refractivity contribution in [3.63, 3.8) is 0 Å². The van der Waals surface area contributed by atoms with Crippen molar-refractivity contribution < 1.29 is 36.3 Å². The van der Waals surface area contributed by atoms with E-state index in [0.29, 0.717) is 12.0 Å². The van der Waals surface area contributed by atoms with Crippen molar-refractivity contribution in [1.82, 2.24) is 0 Å². The average Bonchev–Trinajstić information content (AvgIpc) is 2.59. The maximum Gasteiger partial charge on any atom is 0.490 e. The monoisotopic (exact) mass is 422 g/mol. The zero-order valence-corrected chi connectivity index (χ0v) is 15.6. The minimum Gasteiger partial charge on any atom is -0.475 e. The van der Waals surface area contributed by atoms with E-state index in [1.165, 1.54) is 0 Å². The Morgan fingerprint density at radius 3 is 2.21 bits per heavy atom. The highest BCUT2D eigenvalue weighted by atomic mass is 32.2. The highest BCUT2D eigenvalue weighted by molar-refractivity contribution is 7.89. The number of carboxylic acids is 1. The zero-order valence-electron chi connectivity index (χ0n) is 14.8. The van der Waals surface area contributed by atoms with E-state index in [2.05, 4.69) is 6.08 Å². The number of primary sulfonamides is 1. The molecule has 0 aromatic heterocycles. The summed E-state index contributed by atoms with van der Waals surface area (Å²) in [7, 11) is -3.49. The first-order chi connectivity index (χ1) is 12.8. The van der Waals surface area contributed by atoms with Gasteiger partial charge in [0.15, 0.2) is 0 Å². The molecule has 0 heterocycles. The van der Waals surface area contributed by atoms with Gasteiger partial charge in [-0.25, -0.2) is 18.4 Å². The number of amides is 1. The van der Waals surface area contributed by atoms with Gasteiger partial charge in [0, 0.05) is 5.56 Å². The highest BCUT2D eigenvalue weighted by Gasteiger charge is 2.38. The molecule has 1 aliphatic carbocycles. The normalized spacial score (nSPS) is 14.5. The quantitative estimate of drug-likeness (QED) is 0.667. The molecule has 0 saturated heterocycles. The molecule has 0 atom stereocenters. The Balaban J connectivity index is 0.000000480. The van der Waals surface area contributed by atoms with E-state index in [-0.39, 0.29) is 5.75 Å². The van der Waals surface area contributed by atoms with Crippen molar-refractivity contribution in [2.24, 2.45) is 10.9 Å². The van der Waals surface area contributed by atoms with Crippen molar-refractivity contribution in [3.8, 4) is 0 Å². The molecule has 1 amide bonds. The van der Waals surface area contributed by atoms with Gasteiger partial charge in [0.25, 0.3) is 0 Å². The van der Waals surface area contributed by atoms with E-state index in [9.17, 15) is 26.4 Å². The number of benzene rings is 1. The number of rotatable bonds is 5. The van der Waals surface area contributed by atoms with Crippen LogP contribution in [0.5, 0.6) is 0 Å². The van der Waals surface area contributed by atoms with Crippen molar-refractivity contribution in [3.05, 3.63) is 41.0 Å². The fourth-order valence-corrected chi connectivity index (χ4v) is 3.09. The number of primary amides is 1. The van der Waals surface area contributed by atoms with Crippen molar-refractivity contribution in [2.45, 2.75) is 38.3 Å². The molecule has 1 aliphatic rings. The van der Waals surface area contributed by atoms with Gasteiger partial charge in [-0.15, -0.1) is 0 Å². The number of aliphatic carboxylic acids is 1. The summed E-state index contributed by atoms with van der Waals surface area (Å²) in [6.45, 7) is 0. The standard InChI is InChI=1S/C15H20N2O3S.C2HF3O2/c16-15(18)13-7-6-11(8-9-21(17,19)20)10-14(13)12-4-2-1-3-5-12;3-2(4,5)1(6)7/h4,6-7,10H,1-3,5,8-9H2,(H2,16,18)(H2,17,19,20);(H,6,7). The number of allylic oxidation sites excluding steroid dienone is 2. The van der Waals surface area contributed by atoms with Crippen LogP contribution in [-0.2, 0) is 21.2 Å². The summed E-state index contributed by atoms with van der Waals surface area (Å²) in [4.78, 5) is 20.5. The fraction of sp³-hybridized carbons (Fsp3) is 0.412. The van der Waals surface area contributed by atoms with E-state index in [4.69, 9.17) is 20.8 Å². The van der Waals surface area contributed by atoms with Crippen LogP contribution in [0.4, 0.5) is 13.2 Å². The number of carbonyl (C=O) groups is 2. The van der Waals surface area contributed by atoms with E-state index < -0.39 is 28.1 Å². The van der Waals surface area contributed by atoms with Crippen LogP contribution in [0.25, 0.3) is 5.57 Å². The molecule has 7 nitrogen and oxygen atoms in total. The van der Waals surface area contributed by atoms with Crippen LogP contribution in [-0.4, -0.2) is 37.3 Å². The third-order valence-corrected chi connectivity index (χ3v) is 4.68. The minimum absolute atomic E-state index is 0.110. The summed E-state index contributed by atoms with van der Waals surface area (Å²) in [5.41, 5.74) is 8.71. The van der Waals surface area contributed by atoms with Crippen LogP contribution >= 0.6 is 0 Å². The first-order valence-corrected chi connectivity index (χ1v) is 9.95. The van der Waals surface area contributed by atoms with E-state index in [1.54, 1.807) is 12.1 Å². The van der Waals surface area contributed by atoms with Gasteiger partial charge < -0.3 is 10.8 Å². The van der Waals surface area contributed by atoms with Crippen LogP contribution < -0.4 is 10.9 Å². The van der Waals surface area contributed by atoms with Gasteiger partial charge in [-0.05, 0) is 54.9 Å². The van der Waals surface area contributed by atoms with Crippen LogP contribution in [0.3, 0.4) is 0 Å². The molecule has 1 aromatic carbocycles. The summed E-state index contributed by atoms with van der Waals surface area (Å²) < 4.78 is 53.9. The molecule has 11 heteroatoms. The molecule has 0 aliphatic heterocycles. The van der Waals surface area contributed by atoms with Gasteiger partial charge in [0.1, 0.15) is 0 Å². The second kappa shape index (κ2) is 9.69. The minimum atomic E-state index is -5.08. The average molecular weight is 422 g/mol. The molecule has 1 aromatic rings. The number of sulfonamides is 1. The van der Waals surface area contributed by atoms with Gasteiger partial charge in [-0.3, -0.25) is 4.79 Å². The van der Waals surface area contributed by atoms with Gasteiger partial charge in [-0.2, -0.15) is 13.2 Å². The van der Waals surface area contributed by atoms with Gasteiger partial charge in [-0.1, -0.05) is 18.2 Å². The van der Waals surface area contributed by atoms with Crippen molar-refractivity contribution in [1.29, 1.82) is 0 Å². The maximum absolute atomic E-state index is 11.6. The van der Waals surface area contributed by atoms with Gasteiger partial charge in [0.05, 0.1) is 5.75 Å². The third kappa shape index (κ3) is 8.09. The SMILES string of the molecule is NC(=O)c1ccc(CCS(N)(=O)=O)cc1C1=CCCCC1.O=C(O)C(F)(F)F. The lowest BCUT2D eigenvalue weighted by molar-refractivity contribution is -0.192. The predicted molar refractivity (Wildman–Crippen MR) is 96.8 cm³/mol. The fourth-order valence-electron chi connectivity index (χ4n) is 2.57. The number of halogens is 3. The number of nitrogens with two attached hydrogens (primary N) is 2. The molecule has 28 heavy (non-hydrogen) atoms. The van der Waals surface area contributed by atoms with Crippen molar-refractivity contribution in [2.75, 3.05) is 5.75 Å². The van der Waals surface area contributed by atoms with Gasteiger partial charge >= 0.3 is 12.1 Å². The van der Waals surface area contributed by atoms with Crippen LogP contribution in [0.15, 0.2) is 24.3 Å². The Hall–Kier alpha value is -2.40. The van der Waals surface area contributed by atoms with Crippen LogP contribution in [0, 0.1) is 0 Å². The smallest absolute Gasteiger partial charge is 0.475 e. The van der Waals surface area contributed by atoms with Crippen LogP contribution in [0.1, 0.15) is 47.2 Å². The maximum atomic E-state index is 11.6. The third-order valence-electron chi connectivity index (χ3n) is 3.90. The molecule has 0 fully saturated rings. The lowest BCUT2D eigenvalue weighted by Crippen LogP contribution is -2.21. The molecule has 0 spiro atoms. The lowest BCUT2D eigenvalue weighted by Gasteiger charge is -2.16. The molecule has 0 unspecified atom stereocenters. The predicted octanol–water partition coefficient (Wildman–Crippen LogP) is 2.21. The summed E-state index contributed by atoms with van der Waals surface area (Å²) in [6, 6.07) is 5.27. The van der Waals surface area contributed by atoms with Crippen molar-refractivity contribution >= 4 is 27.5 Å². The first kappa shape index (κ1) is 23.6. The number of hydrogen-bond donors (Lipinski definition) is 3. The topological polar surface area (TPSA) is 141 Å². The number of carbonyl (C=O) groups excluding carboxylic acids is 1. The molecule has 0 bridgehead atoms. The number of alkyl halides is 3. The number of aryl methyl sites for hydroxylation is 1. The summed E-state index contributed by atoms with van der Waals surface area (Å²) in [6.07, 6.45) is 1.53. The number of carboxylic acid groups (broad SMARTS) is 1. The Labute approximate surface area is 160 Å². The lowest BCUT2D eigenvalue weighted by atomic mass is 9.89. The first-order valence-electron chi connectivity index (χ1n) is 8.24. The molecule has 5 N–H and O–H groups in total. The largest absolute Gasteiger partial charge is 0.490 e. The summed E-state index contributed by atoms with van der Waals surface area (Å²) in [5, 5.41) is 12.2.